The van der Waals surface area contributed by atoms with Crippen molar-refractivity contribution in [2.75, 3.05) is 5.32 Å². The second kappa shape index (κ2) is 8.71. The number of aromatic amines is 1. The van der Waals surface area contributed by atoms with Gasteiger partial charge < -0.3 is 19.8 Å². The molecule has 0 unspecified atom stereocenters. The van der Waals surface area contributed by atoms with Crippen LogP contribution in [0.3, 0.4) is 0 Å². The van der Waals surface area contributed by atoms with Crippen LogP contribution >= 0.6 is 0 Å². The number of esters is 1. The number of aromatic nitrogens is 1. The molecule has 3 rings (SSSR count). The first-order chi connectivity index (χ1) is 13.1. The molecule has 27 heavy (non-hydrogen) atoms. The lowest BCUT2D eigenvalue weighted by Crippen LogP contribution is -2.30. The lowest BCUT2D eigenvalue weighted by atomic mass is 10.2. The van der Waals surface area contributed by atoms with Gasteiger partial charge in [0.15, 0.2) is 6.10 Å². The van der Waals surface area contributed by atoms with Crippen LogP contribution in [0.15, 0.2) is 72.9 Å². The van der Waals surface area contributed by atoms with Crippen LogP contribution in [-0.2, 0) is 16.1 Å². The number of anilines is 1. The van der Waals surface area contributed by atoms with Crippen molar-refractivity contribution in [3.63, 3.8) is 0 Å². The minimum absolute atomic E-state index is 0.301. The van der Waals surface area contributed by atoms with E-state index in [0.717, 1.165) is 5.56 Å². The summed E-state index contributed by atoms with van der Waals surface area (Å²) in [4.78, 5) is 26.8. The average Bonchev–Trinajstić information content (AvgIpc) is 3.23. The van der Waals surface area contributed by atoms with Crippen molar-refractivity contribution in [2.24, 2.45) is 0 Å². The van der Waals surface area contributed by atoms with Crippen molar-refractivity contribution in [3.05, 3.63) is 84.2 Å². The number of amides is 1. The van der Waals surface area contributed by atoms with E-state index < -0.39 is 18.0 Å². The van der Waals surface area contributed by atoms with E-state index in [1.54, 1.807) is 42.6 Å². The van der Waals surface area contributed by atoms with Gasteiger partial charge in [-0.2, -0.15) is 0 Å². The van der Waals surface area contributed by atoms with Crippen LogP contribution in [0, 0.1) is 0 Å². The zero-order valence-electron chi connectivity index (χ0n) is 14.8. The van der Waals surface area contributed by atoms with E-state index in [2.05, 4.69) is 10.3 Å². The minimum Gasteiger partial charge on any atom is -0.489 e. The Bertz CT molecular complexity index is 874. The molecular formula is C21H20N2O4. The summed E-state index contributed by atoms with van der Waals surface area (Å²) in [5, 5.41) is 2.71. The normalized spacial score (nSPS) is 11.4. The Morgan fingerprint density at radius 2 is 1.74 bits per heavy atom. The first-order valence-electron chi connectivity index (χ1n) is 8.54. The van der Waals surface area contributed by atoms with Gasteiger partial charge in [0.25, 0.3) is 5.91 Å². The molecule has 2 N–H and O–H groups in total. The van der Waals surface area contributed by atoms with Gasteiger partial charge in [-0.05, 0) is 48.9 Å². The van der Waals surface area contributed by atoms with Crippen LogP contribution in [0.5, 0.6) is 5.75 Å². The van der Waals surface area contributed by atoms with Crippen molar-refractivity contribution < 1.29 is 19.1 Å². The number of carbonyl (C=O) groups is 2. The zero-order chi connectivity index (χ0) is 19.1. The summed E-state index contributed by atoms with van der Waals surface area (Å²) in [6.45, 7) is 1.99. The molecule has 6 nitrogen and oxygen atoms in total. The molecule has 3 aromatic rings. The molecule has 0 aliphatic heterocycles. The number of ether oxygens (including phenoxy) is 2. The fourth-order valence-corrected chi connectivity index (χ4v) is 2.35. The molecule has 0 saturated heterocycles. The van der Waals surface area contributed by atoms with E-state index in [9.17, 15) is 9.59 Å². The highest BCUT2D eigenvalue weighted by molar-refractivity contribution is 5.96. The van der Waals surface area contributed by atoms with Gasteiger partial charge in [0, 0.05) is 11.9 Å². The first-order valence-corrected chi connectivity index (χ1v) is 8.54. The highest BCUT2D eigenvalue weighted by Gasteiger charge is 2.19. The van der Waals surface area contributed by atoms with Gasteiger partial charge in [-0.15, -0.1) is 0 Å². The van der Waals surface area contributed by atoms with Crippen LogP contribution in [-0.4, -0.2) is 23.0 Å². The summed E-state index contributed by atoms with van der Waals surface area (Å²) in [5.74, 6) is -0.289. The molecule has 2 aromatic carbocycles. The van der Waals surface area contributed by atoms with Gasteiger partial charge in [0.05, 0.1) is 0 Å². The van der Waals surface area contributed by atoms with E-state index in [1.165, 1.54) is 6.92 Å². The Kier molecular flexibility index (Phi) is 5.89. The lowest BCUT2D eigenvalue weighted by molar-refractivity contribution is -0.123. The molecule has 0 bridgehead atoms. The Balaban J connectivity index is 1.49. The topological polar surface area (TPSA) is 80.4 Å². The van der Waals surface area contributed by atoms with Gasteiger partial charge in [0.2, 0.25) is 0 Å². The van der Waals surface area contributed by atoms with Crippen LogP contribution in [0.2, 0.25) is 0 Å². The second-order valence-corrected chi connectivity index (χ2v) is 5.92. The molecule has 1 aromatic heterocycles. The molecule has 0 radical (unpaired) electrons. The van der Waals surface area contributed by atoms with Crippen molar-refractivity contribution >= 4 is 17.6 Å². The Morgan fingerprint density at radius 1 is 1.00 bits per heavy atom. The molecule has 0 saturated carbocycles. The summed E-state index contributed by atoms with van der Waals surface area (Å²) in [7, 11) is 0. The SMILES string of the molecule is C[C@@H](OC(=O)c1ccc[nH]1)C(=O)Nc1ccc(OCc2ccccc2)cc1. The monoisotopic (exact) mass is 364 g/mol. The van der Waals surface area contributed by atoms with Crippen molar-refractivity contribution in [2.45, 2.75) is 19.6 Å². The third-order valence-corrected chi connectivity index (χ3v) is 3.84. The average molecular weight is 364 g/mol. The van der Waals surface area contributed by atoms with E-state index in [0.29, 0.717) is 23.7 Å². The molecule has 0 aliphatic carbocycles. The van der Waals surface area contributed by atoms with E-state index in [4.69, 9.17) is 9.47 Å². The van der Waals surface area contributed by atoms with Crippen molar-refractivity contribution in [1.82, 2.24) is 4.98 Å². The summed E-state index contributed by atoms with van der Waals surface area (Å²) >= 11 is 0. The van der Waals surface area contributed by atoms with Crippen LogP contribution < -0.4 is 10.1 Å². The Morgan fingerprint density at radius 3 is 2.41 bits per heavy atom. The number of benzene rings is 2. The predicted octanol–water partition coefficient (Wildman–Crippen LogP) is 3.78. The quantitative estimate of drug-likeness (QED) is 0.625. The summed E-state index contributed by atoms with van der Waals surface area (Å²) < 4.78 is 10.8. The second-order valence-electron chi connectivity index (χ2n) is 5.92. The van der Waals surface area contributed by atoms with Gasteiger partial charge in [-0.1, -0.05) is 30.3 Å². The Hall–Kier alpha value is -3.54. The van der Waals surface area contributed by atoms with Gasteiger partial charge in [0.1, 0.15) is 18.1 Å². The molecule has 138 valence electrons. The number of nitrogens with one attached hydrogen (secondary N) is 2. The molecular weight excluding hydrogens is 344 g/mol. The van der Waals surface area contributed by atoms with Gasteiger partial charge in [-0.25, -0.2) is 4.79 Å². The number of hydrogen-bond donors (Lipinski definition) is 2. The zero-order valence-corrected chi connectivity index (χ0v) is 14.8. The molecule has 0 aliphatic rings. The van der Waals surface area contributed by atoms with Crippen LogP contribution in [0.4, 0.5) is 5.69 Å². The fraction of sp³-hybridized carbons (Fsp3) is 0.143. The number of rotatable bonds is 7. The van der Waals surface area contributed by atoms with E-state index in [1.807, 2.05) is 30.3 Å². The third-order valence-electron chi connectivity index (χ3n) is 3.84. The predicted molar refractivity (Wildman–Crippen MR) is 102 cm³/mol. The van der Waals surface area contributed by atoms with E-state index in [-0.39, 0.29) is 0 Å². The van der Waals surface area contributed by atoms with Gasteiger partial charge >= 0.3 is 5.97 Å². The molecule has 1 amide bonds. The number of carbonyl (C=O) groups excluding carboxylic acids is 2. The third kappa shape index (κ3) is 5.22. The van der Waals surface area contributed by atoms with E-state index >= 15 is 0 Å². The van der Waals surface area contributed by atoms with Crippen molar-refractivity contribution in [1.29, 1.82) is 0 Å². The van der Waals surface area contributed by atoms with Gasteiger partial charge in [-0.3, -0.25) is 4.79 Å². The summed E-state index contributed by atoms with van der Waals surface area (Å²) in [6, 6.07) is 20.1. The molecule has 1 heterocycles. The van der Waals surface area contributed by atoms with Crippen LogP contribution in [0.25, 0.3) is 0 Å². The lowest BCUT2D eigenvalue weighted by Gasteiger charge is -2.13. The smallest absolute Gasteiger partial charge is 0.355 e. The highest BCUT2D eigenvalue weighted by Crippen LogP contribution is 2.17. The highest BCUT2D eigenvalue weighted by atomic mass is 16.5. The standard InChI is InChI=1S/C21H20N2O4/c1-15(27-21(25)19-8-5-13-22-19)20(24)23-17-9-11-18(12-10-17)26-14-16-6-3-2-4-7-16/h2-13,15,22H,14H2,1H3,(H,23,24)/t15-/m1/s1. The maximum atomic E-state index is 12.2. The summed E-state index contributed by atoms with van der Waals surface area (Å²) in [6.07, 6.45) is 0.692. The summed E-state index contributed by atoms with van der Waals surface area (Å²) in [5.41, 5.74) is 1.97. The van der Waals surface area contributed by atoms with Crippen molar-refractivity contribution in [3.8, 4) is 5.75 Å². The molecule has 0 fully saturated rings. The Labute approximate surface area is 157 Å². The number of hydrogen-bond acceptors (Lipinski definition) is 4. The minimum atomic E-state index is -0.921. The molecule has 1 atom stereocenters. The molecule has 6 heteroatoms. The number of H-pyrrole nitrogens is 1. The van der Waals surface area contributed by atoms with Crippen LogP contribution in [0.1, 0.15) is 23.0 Å². The largest absolute Gasteiger partial charge is 0.489 e. The fourth-order valence-electron chi connectivity index (χ4n) is 2.35. The maximum Gasteiger partial charge on any atom is 0.355 e. The first kappa shape index (κ1) is 18.3. The molecule has 0 spiro atoms. The maximum absolute atomic E-state index is 12.2.